The molecule has 0 saturated carbocycles. The molecule has 1 saturated heterocycles. The molecule has 1 amide bonds. The zero-order chi connectivity index (χ0) is 24.7. The Bertz CT molecular complexity index is 1360. The minimum Gasteiger partial charge on any atom is -0.333 e. The van der Waals surface area contributed by atoms with E-state index in [9.17, 15) is 13.2 Å². The van der Waals surface area contributed by atoms with Gasteiger partial charge in [0.2, 0.25) is 10.0 Å². The fraction of sp³-hybridized carbons (Fsp3) is 0.407. The number of fused-ring (bicyclic) bond motifs is 2. The number of hydrogen-bond donors (Lipinski definition) is 2. The first-order valence-corrected chi connectivity index (χ1v) is 13.9. The number of amides is 1. The maximum absolute atomic E-state index is 13.5. The summed E-state index contributed by atoms with van der Waals surface area (Å²) in [6.07, 6.45) is 3.63. The first-order valence-electron chi connectivity index (χ1n) is 12.4. The number of benzene rings is 2. The number of anilines is 1. The number of aromatic nitrogens is 1. The van der Waals surface area contributed by atoms with Gasteiger partial charge in [-0.2, -0.15) is 4.31 Å². The highest BCUT2D eigenvalue weighted by molar-refractivity contribution is 7.89. The third-order valence-electron chi connectivity index (χ3n) is 7.37. The molecule has 5 rings (SSSR count). The number of sulfonamides is 1. The van der Waals surface area contributed by atoms with Crippen LogP contribution in [0.2, 0.25) is 0 Å². The van der Waals surface area contributed by atoms with E-state index in [1.54, 1.807) is 28.6 Å². The summed E-state index contributed by atoms with van der Waals surface area (Å²) in [5, 5.41) is 3.85. The lowest BCUT2D eigenvalue weighted by molar-refractivity contribution is -0.895. The quantitative estimate of drug-likeness (QED) is 0.585. The molecule has 35 heavy (non-hydrogen) atoms. The van der Waals surface area contributed by atoms with Crippen molar-refractivity contribution < 1.29 is 18.1 Å². The first-order chi connectivity index (χ1) is 16.8. The molecule has 184 valence electrons. The number of para-hydroxylation sites is 1. The molecule has 2 N–H and O–H groups in total. The maximum atomic E-state index is 13.5. The Labute approximate surface area is 207 Å². The van der Waals surface area contributed by atoms with E-state index in [1.807, 2.05) is 38.1 Å². The summed E-state index contributed by atoms with van der Waals surface area (Å²) in [4.78, 5) is 20.0. The van der Waals surface area contributed by atoms with Crippen molar-refractivity contribution in [2.45, 2.75) is 63.1 Å². The average Bonchev–Trinajstić information content (AvgIpc) is 2.82. The summed E-state index contributed by atoms with van der Waals surface area (Å²) < 4.78 is 28.3. The van der Waals surface area contributed by atoms with Crippen LogP contribution in [0.4, 0.5) is 5.69 Å². The lowest BCUT2D eigenvalue weighted by atomic mass is 9.95. The van der Waals surface area contributed by atoms with Crippen LogP contribution in [0.25, 0.3) is 10.9 Å². The van der Waals surface area contributed by atoms with Crippen molar-refractivity contribution in [3.8, 4) is 0 Å². The Morgan fingerprint density at radius 1 is 1.06 bits per heavy atom. The lowest BCUT2D eigenvalue weighted by Gasteiger charge is -2.37. The summed E-state index contributed by atoms with van der Waals surface area (Å²) in [6.45, 7) is 5.68. The summed E-state index contributed by atoms with van der Waals surface area (Å²) in [7, 11) is -1.47. The minimum atomic E-state index is -3.60. The van der Waals surface area contributed by atoms with E-state index in [2.05, 4.69) is 12.4 Å². The molecule has 3 heterocycles. The number of pyridine rings is 1. The fourth-order valence-electron chi connectivity index (χ4n) is 5.58. The molecule has 7 nitrogen and oxygen atoms in total. The first kappa shape index (κ1) is 23.9. The number of nitrogens with one attached hydrogen (secondary N) is 2. The smallest absolute Gasteiger partial charge is 0.256 e. The van der Waals surface area contributed by atoms with Gasteiger partial charge in [-0.3, -0.25) is 9.78 Å². The predicted octanol–water partition coefficient (Wildman–Crippen LogP) is 3.01. The van der Waals surface area contributed by atoms with Crippen LogP contribution < -0.4 is 10.2 Å². The Morgan fingerprint density at radius 3 is 2.46 bits per heavy atom. The molecule has 1 fully saturated rings. The van der Waals surface area contributed by atoms with Crippen molar-refractivity contribution in [2.24, 2.45) is 0 Å². The maximum Gasteiger partial charge on any atom is 0.256 e. The van der Waals surface area contributed by atoms with Gasteiger partial charge >= 0.3 is 0 Å². The number of nitrogens with zero attached hydrogens (tertiary/aromatic N) is 2. The van der Waals surface area contributed by atoms with Crippen LogP contribution in [0.15, 0.2) is 53.4 Å². The molecule has 0 spiro atoms. The summed E-state index contributed by atoms with van der Waals surface area (Å²) in [6, 6.07) is 14.3. The average molecular weight is 494 g/mol. The molecule has 2 aromatic carbocycles. The van der Waals surface area contributed by atoms with Crippen LogP contribution in [0.3, 0.4) is 0 Å². The van der Waals surface area contributed by atoms with Gasteiger partial charge in [-0.1, -0.05) is 24.6 Å². The zero-order valence-corrected chi connectivity index (χ0v) is 21.4. The van der Waals surface area contributed by atoms with Gasteiger partial charge in [0.1, 0.15) is 6.54 Å². The third kappa shape index (κ3) is 4.46. The van der Waals surface area contributed by atoms with E-state index in [0.717, 1.165) is 60.9 Å². The van der Waals surface area contributed by atoms with Crippen LogP contribution in [0.5, 0.6) is 0 Å². The van der Waals surface area contributed by atoms with Gasteiger partial charge in [-0.15, -0.1) is 0 Å². The molecule has 1 aromatic heterocycles. The van der Waals surface area contributed by atoms with Gasteiger partial charge in [0.15, 0.2) is 0 Å². The number of likely N-dealkylation sites (N-methyl/N-ethyl adjacent to an activating group) is 1. The van der Waals surface area contributed by atoms with Crippen molar-refractivity contribution in [1.29, 1.82) is 0 Å². The van der Waals surface area contributed by atoms with Gasteiger partial charge in [0, 0.05) is 35.1 Å². The van der Waals surface area contributed by atoms with E-state index in [1.165, 1.54) is 4.90 Å². The number of carbonyl (C=O) groups excluding carboxylic acids is 1. The molecule has 3 aromatic rings. The molecule has 0 radical (unpaired) electrons. The van der Waals surface area contributed by atoms with Gasteiger partial charge in [-0.05, 0) is 57.0 Å². The van der Waals surface area contributed by atoms with Crippen LogP contribution in [0, 0.1) is 0 Å². The number of carbonyl (C=O) groups is 1. The number of hydrogen-bond acceptors (Lipinski definition) is 4. The summed E-state index contributed by atoms with van der Waals surface area (Å²) >= 11 is 0. The fourth-order valence-corrected chi connectivity index (χ4v) is 7.46. The van der Waals surface area contributed by atoms with Gasteiger partial charge in [0.25, 0.3) is 5.91 Å². The molecule has 2 aliphatic heterocycles. The lowest BCUT2D eigenvalue weighted by Crippen LogP contribution is -3.08. The summed E-state index contributed by atoms with van der Waals surface area (Å²) in [5.74, 6) is -0.191. The highest BCUT2D eigenvalue weighted by atomic mass is 32.2. The van der Waals surface area contributed by atoms with E-state index < -0.39 is 10.0 Å². The Kier molecular flexibility index (Phi) is 6.38. The molecular weight excluding hydrogens is 460 g/mol. The Morgan fingerprint density at radius 2 is 1.74 bits per heavy atom. The molecule has 0 aliphatic carbocycles. The SMILES string of the molecule is CC1CCCC(C)N1S(=O)(=O)c1ccc(NC(=O)c2c3c(nc4ccccc24)CC[NH+](C)C3)cc1. The highest BCUT2D eigenvalue weighted by Crippen LogP contribution is 2.30. The second kappa shape index (κ2) is 9.33. The topological polar surface area (TPSA) is 83.8 Å². The van der Waals surface area contributed by atoms with Crippen molar-refractivity contribution >= 4 is 32.5 Å². The molecule has 2 aliphatic rings. The van der Waals surface area contributed by atoms with Gasteiger partial charge in [0.05, 0.1) is 35.3 Å². The Hall–Kier alpha value is -2.81. The largest absolute Gasteiger partial charge is 0.333 e. The minimum absolute atomic E-state index is 0.0189. The molecule has 3 atom stereocenters. The van der Waals surface area contributed by atoms with Crippen molar-refractivity contribution in [3.05, 3.63) is 65.4 Å². The van der Waals surface area contributed by atoms with Crippen LogP contribution in [-0.2, 0) is 23.0 Å². The predicted molar refractivity (Wildman–Crippen MR) is 137 cm³/mol. The number of piperidine rings is 1. The molecule has 3 unspecified atom stereocenters. The normalized spacial score (nSPS) is 23.1. The van der Waals surface area contributed by atoms with Crippen LogP contribution in [-0.4, -0.2) is 49.3 Å². The monoisotopic (exact) mass is 493 g/mol. The second-order valence-corrected chi connectivity index (χ2v) is 11.8. The van der Waals surface area contributed by atoms with E-state index in [-0.39, 0.29) is 22.9 Å². The van der Waals surface area contributed by atoms with Crippen LogP contribution >= 0.6 is 0 Å². The van der Waals surface area contributed by atoms with Gasteiger partial charge < -0.3 is 10.2 Å². The highest BCUT2D eigenvalue weighted by Gasteiger charge is 2.35. The number of quaternary nitrogens is 1. The molecule has 0 bridgehead atoms. The second-order valence-electron chi connectivity index (χ2n) is 10.0. The standard InChI is InChI=1S/C27H32N4O3S/c1-18-7-6-8-19(2)31(18)35(33,34)21-13-11-20(12-14-21)28-27(32)26-22-9-4-5-10-24(22)29-25-15-16-30(3)17-23(25)26/h4-5,9-14,18-19H,6-8,15-17H2,1-3H3,(H,28,32)/p+1. The zero-order valence-electron chi connectivity index (χ0n) is 20.5. The van der Waals surface area contributed by atoms with E-state index in [4.69, 9.17) is 4.98 Å². The van der Waals surface area contributed by atoms with Crippen LogP contribution in [0.1, 0.15) is 54.7 Å². The van der Waals surface area contributed by atoms with Gasteiger partial charge in [-0.25, -0.2) is 8.42 Å². The molecule has 8 heteroatoms. The van der Waals surface area contributed by atoms with E-state index in [0.29, 0.717) is 11.3 Å². The van der Waals surface area contributed by atoms with Crippen molar-refractivity contribution in [3.63, 3.8) is 0 Å². The number of rotatable bonds is 4. The van der Waals surface area contributed by atoms with Crippen molar-refractivity contribution in [2.75, 3.05) is 18.9 Å². The Balaban J connectivity index is 1.44. The van der Waals surface area contributed by atoms with Crippen molar-refractivity contribution in [1.82, 2.24) is 9.29 Å². The summed E-state index contributed by atoms with van der Waals surface area (Å²) in [5.41, 5.74) is 4.04. The third-order valence-corrected chi connectivity index (χ3v) is 9.52. The van der Waals surface area contributed by atoms with E-state index >= 15 is 0 Å². The molecular formula is C27H33N4O3S+.